The summed E-state index contributed by atoms with van der Waals surface area (Å²) in [5, 5.41) is 12.0. The fourth-order valence-electron chi connectivity index (χ4n) is 1.88. The topological polar surface area (TPSA) is 102 Å². The van der Waals surface area contributed by atoms with Gasteiger partial charge >= 0.3 is 5.97 Å². The van der Waals surface area contributed by atoms with Crippen molar-refractivity contribution in [2.75, 3.05) is 18.5 Å². The Hall–Kier alpha value is -2.08. The number of nitrogens with one attached hydrogen (secondary N) is 1. The number of benzene rings is 1. The molecule has 1 heterocycles. The lowest BCUT2D eigenvalue weighted by molar-refractivity contribution is 0.0696. The molecule has 0 radical (unpaired) electrons. The van der Waals surface area contributed by atoms with Crippen LogP contribution in [0.4, 0.5) is 5.69 Å². The molecule has 1 fully saturated rings. The molecule has 0 aromatic heterocycles. The van der Waals surface area contributed by atoms with Gasteiger partial charge in [0, 0.05) is 12.3 Å². The van der Waals surface area contributed by atoms with Gasteiger partial charge in [-0.15, -0.1) is 0 Å². The highest BCUT2D eigenvalue weighted by Crippen LogP contribution is 2.20. The number of ether oxygens (including phenoxy) is 1. The lowest BCUT2D eigenvalue weighted by Gasteiger charge is -2.15. The Morgan fingerprint density at radius 3 is 2.78 bits per heavy atom. The molecule has 0 spiro atoms. The summed E-state index contributed by atoms with van der Waals surface area (Å²) in [6.45, 7) is 1.19. The third-order valence-corrected chi connectivity index (χ3v) is 2.82. The summed E-state index contributed by atoms with van der Waals surface area (Å²) in [5.74, 6) is -1.63. The first-order valence-electron chi connectivity index (χ1n) is 5.59. The third kappa shape index (κ3) is 2.60. The maximum Gasteiger partial charge on any atom is 0.335 e. The van der Waals surface area contributed by atoms with E-state index in [0.717, 1.165) is 6.42 Å². The van der Waals surface area contributed by atoms with Gasteiger partial charge in [0.15, 0.2) is 0 Å². The molecule has 1 atom stereocenters. The zero-order valence-electron chi connectivity index (χ0n) is 9.68. The predicted molar refractivity (Wildman–Crippen MR) is 64.8 cm³/mol. The van der Waals surface area contributed by atoms with Crippen molar-refractivity contribution in [2.45, 2.75) is 12.5 Å². The second-order valence-corrected chi connectivity index (χ2v) is 4.13. The fourth-order valence-corrected chi connectivity index (χ4v) is 1.88. The number of anilines is 1. The van der Waals surface area contributed by atoms with Gasteiger partial charge < -0.3 is 20.9 Å². The maximum atomic E-state index is 11.3. The van der Waals surface area contributed by atoms with E-state index < -0.39 is 11.9 Å². The first kappa shape index (κ1) is 12.4. The number of hydrogen-bond donors (Lipinski definition) is 3. The van der Waals surface area contributed by atoms with Crippen molar-refractivity contribution in [1.29, 1.82) is 0 Å². The zero-order valence-corrected chi connectivity index (χ0v) is 9.68. The fraction of sp³-hybridized carbons (Fsp3) is 0.333. The smallest absolute Gasteiger partial charge is 0.335 e. The van der Waals surface area contributed by atoms with Gasteiger partial charge in [0.1, 0.15) is 0 Å². The van der Waals surface area contributed by atoms with Crippen molar-refractivity contribution < 1.29 is 19.4 Å². The summed E-state index contributed by atoms with van der Waals surface area (Å²) in [4.78, 5) is 22.2. The van der Waals surface area contributed by atoms with Crippen LogP contribution in [0.15, 0.2) is 18.2 Å². The number of carboxylic acids is 1. The molecule has 18 heavy (non-hydrogen) atoms. The number of primary amides is 1. The Morgan fingerprint density at radius 2 is 2.22 bits per heavy atom. The van der Waals surface area contributed by atoms with Gasteiger partial charge in [-0.3, -0.25) is 4.79 Å². The van der Waals surface area contributed by atoms with E-state index in [2.05, 4.69) is 5.32 Å². The van der Waals surface area contributed by atoms with Crippen molar-refractivity contribution in [1.82, 2.24) is 0 Å². The Labute approximate surface area is 104 Å². The van der Waals surface area contributed by atoms with Crippen LogP contribution in [0.2, 0.25) is 0 Å². The van der Waals surface area contributed by atoms with Gasteiger partial charge in [0.25, 0.3) is 5.91 Å². The van der Waals surface area contributed by atoms with Gasteiger partial charge in [0.2, 0.25) is 0 Å². The molecular formula is C12H14N2O4. The molecule has 96 valence electrons. The highest BCUT2D eigenvalue weighted by atomic mass is 16.5. The Morgan fingerprint density at radius 1 is 1.44 bits per heavy atom. The molecule has 1 aromatic carbocycles. The predicted octanol–water partition coefficient (Wildman–Crippen LogP) is 0.684. The molecule has 2 rings (SSSR count). The summed E-state index contributed by atoms with van der Waals surface area (Å²) < 4.78 is 5.21. The van der Waals surface area contributed by atoms with Crippen LogP contribution in [0, 0.1) is 0 Å². The molecule has 1 aliphatic heterocycles. The van der Waals surface area contributed by atoms with Crippen molar-refractivity contribution in [3.8, 4) is 0 Å². The first-order chi connectivity index (χ1) is 8.58. The second-order valence-electron chi connectivity index (χ2n) is 4.13. The number of hydrogen-bond acceptors (Lipinski definition) is 4. The number of aromatic carboxylic acids is 1. The van der Waals surface area contributed by atoms with E-state index in [1.807, 2.05) is 0 Å². The lowest BCUT2D eigenvalue weighted by Crippen LogP contribution is -2.22. The molecule has 0 unspecified atom stereocenters. The average molecular weight is 250 g/mol. The summed E-state index contributed by atoms with van der Waals surface area (Å²) in [5.41, 5.74) is 6.10. The molecule has 6 nitrogen and oxygen atoms in total. The van der Waals surface area contributed by atoms with Gasteiger partial charge in [0.05, 0.1) is 23.8 Å². The monoisotopic (exact) mass is 250 g/mol. The highest BCUT2D eigenvalue weighted by molar-refractivity contribution is 6.00. The highest BCUT2D eigenvalue weighted by Gasteiger charge is 2.19. The molecule has 1 amide bonds. The van der Waals surface area contributed by atoms with E-state index in [9.17, 15) is 9.59 Å². The normalized spacial score (nSPS) is 18.6. The van der Waals surface area contributed by atoms with E-state index in [0.29, 0.717) is 18.9 Å². The SMILES string of the molecule is NC(=O)c1ccc(C(=O)O)cc1N[C@H]1CCOC1. The van der Waals surface area contributed by atoms with Gasteiger partial charge in [-0.25, -0.2) is 4.79 Å². The molecule has 0 bridgehead atoms. The molecule has 1 saturated heterocycles. The summed E-state index contributed by atoms with van der Waals surface area (Å²) in [6.07, 6.45) is 0.815. The van der Waals surface area contributed by atoms with Crippen LogP contribution < -0.4 is 11.1 Å². The van der Waals surface area contributed by atoms with Crippen LogP contribution in [0.3, 0.4) is 0 Å². The minimum absolute atomic E-state index is 0.0761. The van der Waals surface area contributed by atoms with Gasteiger partial charge in [-0.05, 0) is 24.6 Å². The minimum Gasteiger partial charge on any atom is -0.478 e. The molecule has 4 N–H and O–H groups in total. The van der Waals surface area contributed by atoms with E-state index in [4.69, 9.17) is 15.6 Å². The van der Waals surface area contributed by atoms with Crippen molar-refractivity contribution in [2.24, 2.45) is 5.73 Å². The Kier molecular flexibility index (Phi) is 3.47. The zero-order chi connectivity index (χ0) is 13.1. The lowest BCUT2D eigenvalue weighted by atomic mass is 10.1. The molecule has 0 saturated carbocycles. The van der Waals surface area contributed by atoms with Gasteiger partial charge in [-0.2, -0.15) is 0 Å². The number of carbonyl (C=O) groups is 2. The quantitative estimate of drug-likeness (QED) is 0.729. The summed E-state index contributed by atoms with van der Waals surface area (Å²) in [6, 6.07) is 4.27. The van der Waals surface area contributed by atoms with E-state index in [1.165, 1.54) is 18.2 Å². The Bertz CT molecular complexity index is 481. The van der Waals surface area contributed by atoms with Crippen LogP contribution in [0.5, 0.6) is 0 Å². The standard InChI is InChI=1S/C12H14N2O4/c13-11(15)9-2-1-7(12(16)17)5-10(9)14-8-3-4-18-6-8/h1-2,5,8,14H,3-4,6H2,(H2,13,15)(H,16,17)/t8-/m0/s1. The van der Waals surface area contributed by atoms with Crippen molar-refractivity contribution >= 4 is 17.6 Å². The maximum absolute atomic E-state index is 11.3. The van der Waals surface area contributed by atoms with Crippen molar-refractivity contribution in [3.63, 3.8) is 0 Å². The average Bonchev–Trinajstić information content (AvgIpc) is 2.81. The summed E-state index contributed by atoms with van der Waals surface area (Å²) in [7, 11) is 0. The van der Waals surface area contributed by atoms with Crippen LogP contribution >= 0.6 is 0 Å². The molecular weight excluding hydrogens is 236 g/mol. The number of amides is 1. The largest absolute Gasteiger partial charge is 0.478 e. The molecule has 1 aliphatic rings. The Balaban J connectivity index is 2.30. The van der Waals surface area contributed by atoms with Crippen molar-refractivity contribution in [3.05, 3.63) is 29.3 Å². The van der Waals surface area contributed by atoms with Gasteiger partial charge in [-0.1, -0.05) is 0 Å². The second kappa shape index (κ2) is 5.05. The first-order valence-corrected chi connectivity index (χ1v) is 5.59. The van der Waals surface area contributed by atoms with Crippen LogP contribution in [-0.2, 0) is 4.74 Å². The molecule has 6 heteroatoms. The third-order valence-electron chi connectivity index (χ3n) is 2.82. The van der Waals surface area contributed by atoms with E-state index >= 15 is 0 Å². The number of carboxylic acid groups (broad SMARTS) is 1. The van der Waals surface area contributed by atoms with E-state index in [-0.39, 0.29) is 17.2 Å². The minimum atomic E-state index is -1.04. The number of carbonyl (C=O) groups excluding carboxylic acids is 1. The summed E-state index contributed by atoms with van der Waals surface area (Å²) >= 11 is 0. The van der Waals surface area contributed by atoms with E-state index in [1.54, 1.807) is 0 Å². The van der Waals surface area contributed by atoms with Crippen LogP contribution in [0.1, 0.15) is 27.1 Å². The number of nitrogens with two attached hydrogens (primary N) is 1. The van der Waals surface area contributed by atoms with Crippen LogP contribution in [0.25, 0.3) is 0 Å². The number of rotatable bonds is 4. The molecule has 1 aromatic rings. The molecule has 0 aliphatic carbocycles. The van der Waals surface area contributed by atoms with Crippen LogP contribution in [-0.4, -0.2) is 36.2 Å².